The molecule has 1 heterocycles. The van der Waals surface area contributed by atoms with E-state index < -0.39 is 0 Å². The van der Waals surface area contributed by atoms with E-state index in [2.05, 4.69) is 45.1 Å². The molecule has 3 nitrogen and oxygen atoms in total. The maximum absolute atomic E-state index is 4.52. The third kappa shape index (κ3) is 3.95. The summed E-state index contributed by atoms with van der Waals surface area (Å²) in [6.07, 6.45) is 4.81. The molecule has 1 atom stereocenters. The minimum atomic E-state index is 0.748. The molecule has 0 saturated heterocycles. The topological polar surface area (TPSA) is 37.8 Å². The molecule has 1 saturated carbocycles. The van der Waals surface area contributed by atoms with Gasteiger partial charge in [-0.3, -0.25) is 0 Å². The Labute approximate surface area is 112 Å². The Morgan fingerprint density at radius 1 is 1.47 bits per heavy atom. The van der Waals surface area contributed by atoms with Crippen molar-refractivity contribution in [3.8, 4) is 0 Å². The van der Waals surface area contributed by atoms with Crippen molar-refractivity contribution in [2.45, 2.75) is 39.5 Å². The fraction of sp³-hybridized carbons (Fsp3) is 0.692. The first kappa shape index (κ1) is 12.8. The summed E-state index contributed by atoms with van der Waals surface area (Å²) >= 11 is 3.44. The van der Waals surface area contributed by atoms with Crippen LogP contribution in [0.1, 0.15) is 38.9 Å². The summed E-state index contributed by atoms with van der Waals surface area (Å²) in [4.78, 5) is 8.89. The van der Waals surface area contributed by atoms with Crippen LogP contribution in [0.3, 0.4) is 0 Å². The summed E-state index contributed by atoms with van der Waals surface area (Å²) in [5.74, 6) is 3.55. The van der Waals surface area contributed by atoms with Crippen molar-refractivity contribution in [3.05, 3.63) is 16.5 Å². The maximum Gasteiger partial charge on any atom is 0.132 e. The van der Waals surface area contributed by atoms with Gasteiger partial charge in [-0.1, -0.05) is 13.8 Å². The Bertz CT molecular complexity index is 377. The van der Waals surface area contributed by atoms with Crippen LogP contribution in [0.15, 0.2) is 10.7 Å². The largest absolute Gasteiger partial charge is 0.370 e. The maximum atomic E-state index is 4.52. The molecule has 1 aromatic heterocycles. The Kier molecular flexibility index (Phi) is 4.37. The van der Waals surface area contributed by atoms with Crippen LogP contribution in [-0.4, -0.2) is 16.5 Å². The summed E-state index contributed by atoms with van der Waals surface area (Å²) < 4.78 is 0.873. The monoisotopic (exact) mass is 297 g/mol. The quantitative estimate of drug-likeness (QED) is 0.815. The van der Waals surface area contributed by atoms with Crippen LogP contribution in [0.5, 0.6) is 0 Å². The van der Waals surface area contributed by atoms with Crippen LogP contribution in [0.25, 0.3) is 0 Å². The molecular weight excluding hydrogens is 278 g/mol. The second kappa shape index (κ2) is 5.80. The molecule has 0 aliphatic heterocycles. The molecule has 1 fully saturated rings. The van der Waals surface area contributed by atoms with E-state index in [4.69, 9.17) is 0 Å². The first-order valence-electron chi connectivity index (χ1n) is 6.46. The van der Waals surface area contributed by atoms with Gasteiger partial charge >= 0.3 is 0 Å². The lowest BCUT2D eigenvalue weighted by Crippen LogP contribution is -2.14. The van der Waals surface area contributed by atoms with E-state index in [0.29, 0.717) is 0 Å². The molecule has 2 rings (SSSR count). The summed E-state index contributed by atoms with van der Waals surface area (Å²) in [7, 11) is 0. The van der Waals surface area contributed by atoms with E-state index in [1.54, 1.807) is 0 Å². The number of hydrogen-bond donors (Lipinski definition) is 1. The Morgan fingerprint density at radius 3 is 2.88 bits per heavy atom. The second-order valence-corrected chi connectivity index (χ2v) is 5.75. The van der Waals surface area contributed by atoms with Gasteiger partial charge in [-0.25, -0.2) is 9.97 Å². The van der Waals surface area contributed by atoms with E-state index in [-0.39, 0.29) is 0 Å². The molecule has 1 unspecified atom stereocenters. The van der Waals surface area contributed by atoms with Gasteiger partial charge in [-0.2, -0.15) is 0 Å². The number of anilines is 1. The minimum absolute atomic E-state index is 0.748. The average Bonchev–Trinajstić information content (AvgIpc) is 3.09. The molecule has 94 valence electrons. The molecule has 1 aliphatic rings. The summed E-state index contributed by atoms with van der Waals surface area (Å²) in [5.41, 5.74) is 0. The van der Waals surface area contributed by atoms with Gasteiger partial charge in [0.05, 0.1) is 0 Å². The normalized spacial score (nSPS) is 16.9. The van der Waals surface area contributed by atoms with Gasteiger partial charge in [0.25, 0.3) is 0 Å². The zero-order valence-electron chi connectivity index (χ0n) is 10.5. The van der Waals surface area contributed by atoms with Gasteiger partial charge in [0, 0.05) is 19.0 Å². The first-order chi connectivity index (χ1) is 8.19. The average molecular weight is 298 g/mol. The van der Waals surface area contributed by atoms with Crippen molar-refractivity contribution in [1.29, 1.82) is 0 Å². The molecule has 0 spiro atoms. The zero-order chi connectivity index (χ0) is 12.3. The van der Waals surface area contributed by atoms with Crippen LogP contribution >= 0.6 is 15.9 Å². The van der Waals surface area contributed by atoms with Crippen molar-refractivity contribution in [3.63, 3.8) is 0 Å². The number of hydrogen-bond acceptors (Lipinski definition) is 3. The molecule has 1 N–H and O–H groups in total. The van der Waals surface area contributed by atoms with Gasteiger partial charge in [-0.05, 0) is 47.0 Å². The molecule has 4 heteroatoms. The van der Waals surface area contributed by atoms with Gasteiger partial charge in [0.15, 0.2) is 0 Å². The molecular formula is C13H20BrN3. The highest BCUT2D eigenvalue weighted by Crippen LogP contribution is 2.36. The number of halogens is 1. The number of nitrogens with zero attached hydrogens (tertiary/aromatic N) is 2. The number of aryl methyl sites for hydroxylation is 1. The molecule has 0 radical (unpaired) electrons. The standard InChI is InChI=1S/C13H20BrN3/c1-3-4-12-16-11(14)7-13(17-12)15-8-9(2)10-5-6-10/h7,9-10H,3-6,8H2,1-2H3,(H,15,16,17). The molecule has 1 aliphatic carbocycles. The SMILES string of the molecule is CCCc1nc(Br)cc(NCC(C)C2CC2)n1. The van der Waals surface area contributed by atoms with Gasteiger partial charge in [0.2, 0.25) is 0 Å². The summed E-state index contributed by atoms with van der Waals surface area (Å²) in [5, 5.41) is 3.42. The van der Waals surface area contributed by atoms with Crippen LogP contribution in [0.4, 0.5) is 5.82 Å². The fourth-order valence-corrected chi connectivity index (χ4v) is 2.41. The Balaban J connectivity index is 1.94. The van der Waals surface area contributed by atoms with E-state index in [0.717, 1.165) is 47.5 Å². The number of aromatic nitrogens is 2. The van der Waals surface area contributed by atoms with Crippen molar-refractivity contribution >= 4 is 21.7 Å². The second-order valence-electron chi connectivity index (χ2n) is 4.94. The van der Waals surface area contributed by atoms with Crippen LogP contribution in [0, 0.1) is 11.8 Å². The van der Waals surface area contributed by atoms with Crippen molar-refractivity contribution in [2.24, 2.45) is 11.8 Å². The van der Waals surface area contributed by atoms with Crippen molar-refractivity contribution in [2.75, 3.05) is 11.9 Å². The first-order valence-corrected chi connectivity index (χ1v) is 7.25. The third-order valence-corrected chi connectivity index (χ3v) is 3.65. The minimum Gasteiger partial charge on any atom is -0.370 e. The van der Waals surface area contributed by atoms with E-state index in [1.807, 2.05) is 6.07 Å². The van der Waals surface area contributed by atoms with Gasteiger partial charge in [0.1, 0.15) is 16.2 Å². The molecule has 0 amide bonds. The Morgan fingerprint density at radius 2 is 2.24 bits per heavy atom. The van der Waals surface area contributed by atoms with Crippen LogP contribution in [0.2, 0.25) is 0 Å². The number of rotatable bonds is 6. The third-order valence-electron chi connectivity index (χ3n) is 3.25. The lowest BCUT2D eigenvalue weighted by molar-refractivity contribution is 0.535. The molecule has 17 heavy (non-hydrogen) atoms. The predicted molar refractivity (Wildman–Crippen MR) is 74.1 cm³/mol. The molecule has 0 aromatic carbocycles. The lowest BCUT2D eigenvalue weighted by atomic mass is 10.1. The summed E-state index contributed by atoms with van der Waals surface area (Å²) in [6, 6.07) is 1.96. The Hall–Kier alpha value is -0.640. The molecule has 1 aromatic rings. The van der Waals surface area contributed by atoms with Gasteiger partial charge < -0.3 is 5.32 Å². The lowest BCUT2D eigenvalue weighted by Gasteiger charge is -2.12. The van der Waals surface area contributed by atoms with Crippen LogP contribution in [-0.2, 0) is 6.42 Å². The molecule has 0 bridgehead atoms. The van der Waals surface area contributed by atoms with Crippen molar-refractivity contribution in [1.82, 2.24) is 9.97 Å². The van der Waals surface area contributed by atoms with E-state index in [1.165, 1.54) is 12.8 Å². The summed E-state index contributed by atoms with van der Waals surface area (Å²) in [6.45, 7) is 5.47. The zero-order valence-corrected chi connectivity index (χ0v) is 12.1. The smallest absolute Gasteiger partial charge is 0.132 e. The van der Waals surface area contributed by atoms with E-state index in [9.17, 15) is 0 Å². The van der Waals surface area contributed by atoms with Crippen molar-refractivity contribution < 1.29 is 0 Å². The number of nitrogens with one attached hydrogen (secondary N) is 1. The predicted octanol–water partition coefficient (Wildman–Crippen LogP) is 3.65. The highest BCUT2D eigenvalue weighted by Gasteiger charge is 2.27. The van der Waals surface area contributed by atoms with E-state index >= 15 is 0 Å². The highest BCUT2D eigenvalue weighted by molar-refractivity contribution is 9.10. The van der Waals surface area contributed by atoms with Crippen LogP contribution < -0.4 is 5.32 Å². The van der Waals surface area contributed by atoms with Gasteiger partial charge in [-0.15, -0.1) is 0 Å². The fourth-order valence-electron chi connectivity index (χ4n) is 1.99. The highest BCUT2D eigenvalue weighted by atomic mass is 79.9.